The smallest absolute Gasteiger partial charge is 0.258 e. The van der Waals surface area contributed by atoms with E-state index in [1.807, 2.05) is 30.3 Å². The molecule has 0 saturated heterocycles. The SMILES string of the molecule is [2H]c1ccc2sc3c([N+](=O)[O-])c(C)c4ccccc4c3c2c1. The van der Waals surface area contributed by atoms with Crippen molar-refractivity contribution in [1.29, 1.82) is 0 Å². The summed E-state index contributed by atoms with van der Waals surface area (Å²) in [6.07, 6.45) is 0. The van der Waals surface area contributed by atoms with E-state index in [1.165, 1.54) is 11.3 Å². The molecule has 0 bridgehead atoms. The molecule has 0 unspecified atom stereocenters. The first-order chi connectivity index (χ1) is 10.6. The Morgan fingerprint density at radius 2 is 1.86 bits per heavy atom. The van der Waals surface area contributed by atoms with Crippen molar-refractivity contribution in [2.24, 2.45) is 0 Å². The molecule has 0 aliphatic carbocycles. The molecule has 3 nitrogen and oxygen atoms in total. The van der Waals surface area contributed by atoms with Gasteiger partial charge in [-0.3, -0.25) is 10.1 Å². The molecule has 4 aromatic rings. The summed E-state index contributed by atoms with van der Waals surface area (Å²) >= 11 is 1.43. The molecule has 0 spiro atoms. The van der Waals surface area contributed by atoms with Crippen molar-refractivity contribution in [3.63, 3.8) is 0 Å². The zero-order valence-electron chi connectivity index (χ0n) is 12.2. The Kier molecular flexibility index (Phi) is 2.28. The zero-order valence-corrected chi connectivity index (χ0v) is 12.0. The van der Waals surface area contributed by atoms with Gasteiger partial charge in [-0.25, -0.2) is 0 Å². The maximum absolute atomic E-state index is 11.6. The van der Waals surface area contributed by atoms with Gasteiger partial charge in [0.25, 0.3) is 5.69 Å². The monoisotopic (exact) mass is 294 g/mol. The van der Waals surface area contributed by atoms with E-state index in [1.54, 1.807) is 19.1 Å². The van der Waals surface area contributed by atoms with Crippen molar-refractivity contribution >= 4 is 48.0 Å². The van der Waals surface area contributed by atoms with Crippen LogP contribution in [-0.2, 0) is 0 Å². The summed E-state index contributed by atoms with van der Waals surface area (Å²) in [5.74, 6) is 0. The van der Waals surface area contributed by atoms with Crippen LogP contribution in [0.25, 0.3) is 30.9 Å². The topological polar surface area (TPSA) is 43.1 Å². The lowest BCUT2D eigenvalue weighted by molar-refractivity contribution is -0.383. The molecule has 0 fully saturated rings. The van der Waals surface area contributed by atoms with Crippen LogP contribution in [0, 0.1) is 17.0 Å². The number of hydrogen-bond acceptors (Lipinski definition) is 3. The summed E-state index contributed by atoms with van der Waals surface area (Å²) < 4.78 is 9.52. The number of nitro benzene ring substituents is 1. The van der Waals surface area contributed by atoms with E-state index in [4.69, 9.17) is 1.37 Å². The number of aryl methyl sites for hydroxylation is 1. The molecule has 102 valence electrons. The van der Waals surface area contributed by atoms with Crippen molar-refractivity contribution in [3.05, 3.63) is 64.2 Å². The summed E-state index contributed by atoms with van der Waals surface area (Å²) in [4.78, 5) is 11.3. The third-order valence-electron chi connectivity index (χ3n) is 3.89. The average molecular weight is 294 g/mol. The molecule has 4 rings (SSSR count). The first-order valence-corrected chi connectivity index (χ1v) is 7.38. The minimum absolute atomic E-state index is 0.182. The Bertz CT molecular complexity index is 1080. The molecule has 0 radical (unpaired) electrons. The second-order valence-corrected chi connectivity index (χ2v) is 6.06. The molecular weight excluding hydrogens is 282 g/mol. The van der Waals surface area contributed by atoms with E-state index in [0.717, 1.165) is 26.2 Å². The van der Waals surface area contributed by atoms with E-state index in [-0.39, 0.29) is 10.6 Å². The zero-order chi connectivity index (χ0) is 15.4. The molecule has 0 saturated carbocycles. The summed E-state index contributed by atoms with van der Waals surface area (Å²) in [6.45, 7) is 1.81. The van der Waals surface area contributed by atoms with Gasteiger partial charge >= 0.3 is 0 Å². The number of nitro groups is 1. The molecule has 0 amide bonds. The lowest BCUT2D eigenvalue weighted by Gasteiger charge is -2.06. The Balaban J connectivity index is 2.40. The molecule has 0 aliphatic rings. The van der Waals surface area contributed by atoms with Gasteiger partial charge < -0.3 is 0 Å². The number of fused-ring (bicyclic) bond motifs is 5. The molecule has 0 N–H and O–H groups in total. The number of benzene rings is 3. The molecule has 1 aromatic heterocycles. The van der Waals surface area contributed by atoms with Gasteiger partial charge in [0.2, 0.25) is 0 Å². The lowest BCUT2D eigenvalue weighted by Crippen LogP contribution is -1.93. The van der Waals surface area contributed by atoms with Gasteiger partial charge in [0.05, 0.1) is 6.29 Å². The quantitative estimate of drug-likeness (QED) is 0.347. The van der Waals surface area contributed by atoms with Crippen molar-refractivity contribution in [3.8, 4) is 0 Å². The second kappa shape index (κ2) is 4.27. The highest BCUT2D eigenvalue weighted by Crippen LogP contribution is 2.45. The van der Waals surface area contributed by atoms with Crippen LogP contribution in [0.1, 0.15) is 6.93 Å². The third-order valence-corrected chi connectivity index (χ3v) is 5.06. The predicted molar refractivity (Wildman–Crippen MR) is 88.2 cm³/mol. The van der Waals surface area contributed by atoms with E-state index < -0.39 is 0 Å². The predicted octanol–water partition coefficient (Wildman–Crippen LogP) is 5.42. The normalized spacial score (nSPS) is 12.1. The largest absolute Gasteiger partial charge is 0.290 e. The fourth-order valence-corrected chi connectivity index (χ4v) is 4.24. The van der Waals surface area contributed by atoms with Gasteiger partial charge in [0.1, 0.15) is 4.70 Å². The Hall–Kier alpha value is -2.46. The van der Waals surface area contributed by atoms with Gasteiger partial charge in [-0.2, -0.15) is 0 Å². The highest BCUT2D eigenvalue weighted by molar-refractivity contribution is 7.26. The molecule has 21 heavy (non-hydrogen) atoms. The first kappa shape index (κ1) is 11.2. The molecule has 4 heteroatoms. The maximum atomic E-state index is 11.6. The van der Waals surface area contributed by atoms with Crippen LogP contribution in [0.5, 0.6) is 0 Å². The van der Waals surface area contributed by atoms with Crippen molar-refractivity contribution in [2.45, 2.75) is 6.92 Å². The molecule has 3 aromatic carbocycles. The standard InChI is InChI=1S/C17H11NO2S/c1-10-11-6-2-3-7-12(11)15-13-8-4-5-9-14(13)21-17(15)16(10)18(19)20/h2-9H,1H3/i4D. The van der Waals surface area contributed by atoms with Gasteiger partial charge in [-0.1, -0.05) is 42.4 Å². The minimum atomic E-state index is -0.291. The van der Waals surface area contributed by atoms with Crippen molar-refractivity contribution in [1.82, 2.24) is 0 Å². The van der Waals surface area contributed by atoms with Crippen LogP contribution in [-0.4, -0.2) is 4.92 Å². The van der Waals surface area contributed by atoms with E-state index in [0.29, 0.717) is 16.3 Å². The molecule has 1 heterocycles. The van der Waals surface area contributed by atoms with Crippen molar-refractivity contribution in [2.75, 3.05) is 0 Å². The lowest BCUT2D eigenvalue weighted by atomic mass is 9.98. The summed E-state index contributed by atoms with van der Waals surface area (Å²) in [5.41, 5.74) is 0.882. The van der Waals surface area contributed by atoms with Crippen molar-refractivity contribution < 1.29 is 6.29 Å². The highest BCUT2D eigenvalue weighted by Gasteiger charge is 2.23. The van der Waals surface area contributed by atoms with Crippen LogP contribution in [0.4, 0.5) is 5.69 Å². The summed E-state index contributed by atoms with van der Waals surface area (Å²) in [7, 11) is 0. The van der Waals surface area contributed by atoms with Crippen LogP contribution >= 0.6 is 11.3 Å². The Labute approximate surface area is 126 Å². The van der Waals surface area contributed by atoms with Crippen LogP contribution in [0.15, 0.2) is 48.5 Å². The first-order valence-electron chi connectivity index (χ1n) is 7.06. The fourth-order valence-electron chi connectivity index (χ4n) is 2.96. The molecule has 0 atom stereocenters. The van der Waals surface area contributed by atoms with E-state index >= 15 is 0 Å². The van der Waals surface area contributed by atoms with Crippen LogP contribution < -0.4 is 0 Å². The summed E-state index contributed by atoms with van der Waals surface area (Å²) in [5, 5.41) is 15.3. The Morgan fingerprint density at radius 1 is 1.10 bits per heavy atom. The molecule has 0 aliphatic heterocycles. The van der Waals surface area contributed by atoms with Gasteiger partial charge in [-0.15, -0.1) is 11.3 Å². The van der Waals surface area contributed by atoms with Gasteiger partial charge in [0.15, 0.2) is 0 Å². The van der Waals surface area contributed by atoms with Gasteiger partial charge in [-0.05, 0) is 23.8 Å². The van der Waals surface area contributed by atoms with Crippen LogP contribution in [0.2, 0.25) is 0 Å². The fraction of sp³-hybridized carbons (Fsp3) is 0.0588. The van der Waals surface area contributed by atoms with E-state index in [2.05, 4.69) is 0 Å². The maximum Gasteiger partial charge on any atom is 0.290 e. The van der Waals surface area contributed by atoms with Crippen LogP contribution in [0.3, 0.4) is 0 Å². The average Bonchev–Trinajstić information content (AvgIpc) is 2.85. The number of nitrogens with zero attached hydrogens (tertiary/aromatic N) is 1. The molecular formula is C17H11NO2S. The number of thiophene rings is 1. The Morgan fingerprint density at radius 3 is 2.62 bits per heavy atom. The van der Waals surface area contributed by atoms with E-state index in [9.17, 15) is 10.1 Å². The second-order valence-electron chi connectivity index (χ2n) is 5.00. The third kappa shape index (κ3) is 1.59. The number of hydrogen-bond donors (Lipinski definition) is 0. The number of rotatable bonds is 1. The van der Waals surface area contributed by atoms with Gasteiger partial charge in [0, 0.05) is 21.0 Å². The minimum Gasteiger partial charge on any atom is -0.258 e. The summed E-state index contributed by atoms with van der Waals surface area (Å²) in [6, 6.07) is 13.6. The highest BCUT2D eigenvalue weighted by atomic mass is 32.1.